The molecule has 12 aromatic heterocycles. The number of aromatic nitrogens is 8. The average Bonchev–Trinajstić information content (AvgIpc) is 1.64. The fourth-order valence-electron chi connectivity index (χ4n) is 12.8. The third kappa shape index (κ3) is 10.6. The molecule has 12 heterocycles. The lowest BCUT2D eigenvalue weighted by molar-refractivity contribution is -0.660. The quantitative estimate of drug-likeness (QED) is 0.160. The van der Waals surface area contributed by atoms with Crippen LogP contribution in [0, 0.1) is 69.2 Å². The maximum Gasteiger partial charge on any atom is 0.227 e. The lowest BCUT2D eigenvalue weighted by Crippen LogP contribution is -2.31. The van der Waals surface area contributed by atoms with Gasteiger partial charge in [0.25, 0.3) is 0 Å². The SMILES string of the molecule is Cc1ccc(-c2c(C)ccc3oc4cnc(C)cc4c23)[n+](C)c1.Cc1ccc(-c2c(C)ccc3oc4nc(C)ccc4c23)[n+](C)c1.Cc1ccc2oc3ccc(C)c(-c4cccc[n+]4C)c3c2n1.Cc1nc(C)c2oc3ccccc3c2c1-c1cccc[n+]1C. The molecule has 0 aliphatic carbocycles. The second kappa shape index (κ2) is 23.4. The molecule has 12 heteroatoms. The van der Waals surface area contributed by atoms with Crippen molar-refractivity contribution in [3.63, 3.8) is 0 Å². The summed E-state index contributed by atoms with van der Waals surface area (Å²) in [6.45, 7) is 20.7. The maximum atomic E-state index is 6.07. The minimum absolute atomic E-state index is 0.710. The largest absolute Gasteiger partial charge is 0.454 e. The van der Waals surface area contributed by atoms with Crippen LogP contribution in [0.3, 0.4) is 0 Å². The summed E-state index contributed by atoms with van der Waals surface area (Å²) in [4.78, 5) is 18.3. The smallest absolute Gasteiger partial charge is 0.227 e. The molecular formula is C78H72N8O4+4. The van der Waals surface area contributed by atoms with Gasteiger partial charge in [0.05, 0.1) is 45.2 Å². The van der Waals surface area contributed by atoms with Crippen molar-refractivity contribution in [1.82, 2.24) is 19.9 Å². The van der Waals surface area contributed by atoms with E-state index in [2.05, 4.69) is 220 Å². The van der Waals surface area contributed by atoms with Gasteiger partial charge in [-0.1, -0.05) is 36.4 Å². The van der Waals surface area contributed by atoms with E-state index in [4.69, 9.17) is 27.6 Å². The van der Waals surface area contributed by atoms with Crippen LogP contribution in [-0.4, -0.2) is 19.9 Å². The Labute approximate surface area is 522 Å². The van der Waals surface area contributed by atoms with Gasteiger partial charge in [-0.15, -0.1) is 0 Å². The number of nitrogens with zero attached hydrogens (tertiary/aromatic N) is 8. The molecule has 0 saturated heterocycles. The van der Waals surface area contributed by atoms with Crippen LogP contribution in [0.4, 0.5) is 0 Å². The molecule has 0 aliphatic rings. The van der Waals surface area contributed by atoms with Gasteiger partial charge in [0.2, 0.25) is 28.5 Å². The molecule has 0 radical (unpaired) electrons. The van der Waals surface area contributed by atoms with Crippen LogP contribution in [0.2, 0.25) is 0 Å². The lowest BCUT2D eigenvalue weighted by atomic mass is 9.98. The Balaban J connectivity index is 0.000000110. The van der Waals surface area contributed by atoms with Crippen molar-refractivity contribution in [3.8, 4) is 45.0 Å². The minimum atomic E-state index is 0.710. The van der Waals surface area contributed by atoms with Crippen LogP contribution >= 0.6 is 0 Å². The van der Waals surface area contributed by atoms with Crippen molar-refractivity contribution in [2.75, 3.05) is 0 Å². The van der Waals surface area contributed by atoms with Gasteiger partial charge in [0.15, 0.2) is 41.5 Å². The molecule has 0 amide bonds. The monoisotopic (exact) mass is 1180 g/mol. The second-order valence-electron chi connectivity index (χ2n) is 23.9. The molecule has 16 rings (SSSR count). The first-order valence-corrected chi connectivity index (χ1v) is 30.4. The predicted octanol–water partition coefficient (Wildman–Crippen LogP) is 17.0. The molecule has 0 spiro atoms. The van der Waals surface area contributed by atoms with E-state index in [1.165, 1.54) is 61.3 Å². The highest BCUT2D eigenvalue weighted by atomic mass is 16.3. The van der Waals surface area contributed by atoms with Crippen molar-refractivity contribution >= 4 is 88.0 Å². The molecule has 90 heavy (non-hydrogen) atoms. The van der Waals surface area contributed by atoms with E-state index in [1.54, 1.807) is 0 Å². The summed E-state index contributed by atoms with van der Waals surface area (Å²) in [5.41, 5.74) is 28.4. The van der Waals surface area contributed by atoms with E-state index in [9.17, 15) is 0 Å². The van der Waals surface area contributed by atoms with Crippen LogP contribution in [0.5, 0.6) is 0 Å². The van der Waals surface area contributed by atoms with E-state index in [1.807, 2.05) is 88.5 Å². The van der Waals surface area contributed by atoms with E-state index in [0.29, 0.717) is 5.71 Å². The van der Waals surface area contributed by atoms with Gasteiger partial charge in [-0.05, 0) is 165 Å². The van der Waals surface area contributed by atoms with Crippen molar-refractivity contribution < 1.29 is 35.9 Å². The third-order valence-electron chi connectivity index (χ3n) is 17.1. The van der Waals surface area contributed by atoms with Crippen molar-refractivity contribution in [3.05, 3.63) is 239 Å². The Morgan fingerprint density at radius 2 is 0.844 bits per heavy atom. The van der Waals surface area contributed by atoms with Crippen molar-refractivity contribution in [2.45, 2.75) is 69.2 Å². The first-order chi connectivity index (χ1) is 43.4. The highest BCUT2D eigenvalue weighted by molar-refractivity contribution is 6.15. The highest BCUT2D eigenvalue weighted by Crippen LogP contribution is 2.42. The van der Waals surface area contributed by atoms with Gasteiger partial charge < -0.3 is 17.7 Å². The maximum absolute atomic E-state index is 6.07. The summed E-state index contributed by atoms with van der Waals surface area (Å²) >= 11 is 0. The fourth-order valence-corrected chi connectivity index (χ4v) is 12.8. The number of pyridine rings is 8. The summed E-state index contributed by atoms with van der Waals surface area (Å²) in [5.74, 6) is 0. The zero-order valence-corrected chi connectivity index (χ0v) is 53.5. The number of benzene rings is 4. The van der Waals surface area contributed by atoms with E-state index in [-0.39, 0.29) is 0 Å². The Bertz CT molecular complexity index is 5510. The fraction of sp³-hybridized carbons (Fsp3) is 0.179. The van der Waals surface area contributed by atoms with Gasteiger partial charge in [0.1, 0.15) is 56.0 Å². The summed E-state index contributed by atoms with van der Waals surface area (Å²) in [5, 5.41) is 7.92. The summed E-state index contributed by atoms with van der Waals surface area (Å²) in [7, 11) is 8.30. The van der Waals surface area contributed by atoms with Gasteiger partial charge in [-0.25, -0.2) is 28.2 Å². The molecule has 0 unspecified atom stereocenters. The molecule has 0 N–H and O–H groups in total. The molecule has 0 saturated carbocycles. The number of hydrogen-bond donors (Lipinski definition) is 0. The van der Waals surface area contributed by atoms with Gasteiger partial charge in [0, 0.05) is 96.9 Å². The summed E-state index contributed by atoms with van der Waals surface area (Å²) < 4.78 is 32.7. The third-order valence-corrected chi connectivity index (χ3v) is 17.1. The molecule has 0 aliphatic heterocycles. The van der Waals surface area contributed by atoms with Crippen LogP contribution in [-0.2, 0) is 28.2 Å². The number of fused-ring (bicyclic) bond motifs is 12. The van der Waals surface area contributed by atoms with E-state index in [0.717, 1.165) is 122 Å². The number of furan rings is 4. The standard InChI is InChI=1S/2C20H19N2O.2C19H17N2O/c1-12-5-9-16(22(4)11-12)18-13(2)6-10-17-19(18)15-8-7-14(3)21-20(15)23-17;1-12-5-7-16(22(4)11-12)19-13(2)6-8-17-20(19)15-9-14(3)21-10-18(15)23-17;1-12-17(15-9-6-7-11-21(15)3)18-14-8-4-5-10-16(14)22-19(18)13(2)20-12;1-12-7-9-15-18(17(12)14-6-4-5-11-21(14)3)19-16(22-15)10-8-13(2)20-19/h2*5-11H,1-4H3;2*4-11H,1-3H3/q4*+1. The lowest BCUT2D eigenvalue weighted by Gasteiger charge is -2.07. The predicted molar refractivity (Wildman–Crippen MR) is 360 cm³/mol. The van der Waals surface area contributed by atoms with Crippen LogP contribution in [0.15, 0.2) is 200 Å². The Kier molecular flexibility index (Phi) is 15.2. The molecule has 4 aromatic carbocycles. The zero-order chi connectivity index (χ0) is 62.8. The number of hydrogen-bond acceptors (Lipinski definition) is 8. The molecule has 12 nitrogen and oxygen atoms in total. The topological polar surface area (TPSA) is 120 Å². The average molecular weight is 1190 g/mol. The van der Waals surface area contributed by atoms with Gasteiger partial charge >= 0.3 is 0 Å². The van der Waals surface area contributed by atoms with Gasteiger partial charge in [-0.3, -0.25) is 9.97 Å². The number of para-hydroxylation sites is 1. The van der Waals surface area contributed by atoms with Crippen LogP contribution < -0.4 is 18.3 Å². The Morgan fingerprint density at radius 3 is 1.47 bits per heavy atom. The molecule has 444 valence electrons. The van der Waals surface area contributed by atoms with E-state index < -0.39 is 0 Å². The van der Waals surface area contributed by atoms with Crippen LogP contribution in [0.25, 0.3) is 133 Å². The first kappa shape index (κ1) is 58.3. The Hall–Kier alpha value is -10.7. The molecule has 16 aromatic rings. The minimum Gasteiger partial charge on any atom is -0.454 e. The zero-order valence-electron chi connectivity index (χ0n) is 53.5. The highest BCUT2D eigenvalue weighted by Gasteiger charge is 2.26. The number of rotatable bonds is 4. The van der Waals surface area contributed by atoms with E-state index >= 15 is 0 Å². The Morgan fingerprint density at radius 1 is 0.333 bits per heavy atom. The molecular weight excluding hydrogens is 1110 g/mol. The number of aryl methyl sites for hydroxylation is 14. The van der Waals surface area contributed by atoms with Crippen LogP contribution in [0.1, 0.15) is 56.3 Å². The normalized spacial score (nSPS) is 11.4. The summed E-state index contributed by atoms with van der Waals surface area (Å²) in [6, 6.07) is 52.0. The van der Waals surface area contributed by atoms with Crippen molar-refractivity contribution in [1.29, 1.82) is 0 Å². The van der Waals surface area contributed by atoms with Gasteiger partial charge in [-0.2, -0.15) is 0 Å². The molecule has 0 fully saturated rings. The molecule has 0 atom stereocenters. The summed E-state index contributed by atoms with van der Waals surface area (Å²) in [6.07, 6.45) is 10.2. The second-order valence-corrected chi connectivity index (χ2v) is 23.9. The molecule has 0 bridgehead atoms. The first-order valence-electron chi connectivity index (χ1n) is 30.4. The van der Waals surface area contributed by atoms with Crippen molar-refractivity contribution in [2.24, 2.45) is 28.2 Å².